The summed E-state index contributed by atoms with van der Waals surface area (Å²) in [7, 11) is 0. The zero-order valence-electron chi connectivity index (χ0n) is 16.1. The van der Waals surface area contributed by atoms with Crippen LogP contribution in [0.25, 0.3) is 0 Å². The molecule has 4 aliphatic rings. The van der Waals surface area contributed by atoms with Crippen molar-refractivity contribution in [3.8, 4) is 0 Å². The SMILES string of the molecule is CCCN1CCC(NC(=NCC)NC2C3CCOC3C23CCC3)CC1. The highest BCUT2D eigenvalue weighted by Gasteiger charge is 2.66. The minimum atomic E-state index is 0.419. The molecule has 2 aliphatic carbocycles. The van der Waals surface area contributed by atoms with Crippen LogP contribution < -0.4 is 10.6 Å². The van der Waals surface area contributed by atoms with Crippen LogP contribution in [-0.2, 0) is 4.74 Å². The minimum Gasteiger partial charge on any atom is -0.377 e. The van der Waals surface area contributed by atoms with Gasteiger partial charge in [0.2, 0.25) is 0 Å². The van der Waals surface area contributed by atoms with Crippen LogP contribution in [0.2, 0.25) is 0 Å². The van der Waals surface area contributed by atoms with E-state index in [0.717, 1.165) is 19.1 Å². The first kappa shape index (κ1) is 17.6. The maximum absolute atomic E-state index is 6.06. The van der Waals surface area contributed by atoms with E-state index in [2.05, 4.69) is 29.4 Å². The summed E-state index contributed by atoms with van der Waals surface area (Å²) in [6.45, 7) is 9.89. The number of likely N-dealkylation sites (tertiary alicyclic amines) is 1. The third-order valence-corrected chi connectivity index (χ3v) is 7.11. The molecule has 0 amide bonds. The van der Waals surface area contributed by atoms with Crippen molar-refractivity contribution < 1.29 is 4.74 Å². The lowest BCUT2D eigenvalue weighted by Crippen LogP contribution is -2.72. The Kier molecular flexibility index (Phi) is 5.23. The van der Waals surface area contributed by atoms with Crippen molar-refractivity contribution in [3.63, 3.8) is 0 Å². The fourth-order valence-electron chi connectivity index (χ4n) is 5.70. The molecule has 5 nitrogen and oxygen atoms in total. The molecule has 142 valence electrons. The molecule has 4 rings (SSSR count). The van der Waals surface area contributed by atoms with E-state index in [1.54, 1.807) is 0 Å². The highest BCUT2D eigenvalue weighted by atomic mass is 16.5. The second-order valence-electron chi connectivity index (χ2n) is 8.54. The van der Waals surface area contributed by atoms with E-state index in [1.165, 1.54) is 64.6 Å². The lowest BCUT2D eigenvalue weighted by atomic mass is 9.46. The minimum absolute atomic E-state index is 0.419. The molecule has 3 atom stereocenters. The van der Waals surface area contributed by atoms with Crippen molar-refractivity contribution in [1.82, 2.24) is 15.5 Å². The molecular weight excluding hydrogens is 312 g/mol. The first-order chi connectivity index (χ1) is 12.3. The van der Waals surface area contributed by atoms with Crippen LogP contribution >= 0.6 is 0 Å². The van der Waals surface area contributed by atoms with Crippen LogP contribution in [0.3, 0.4) is 0 Å². The van der Waals surface area contributed by atoms with Crippen molar-refractivity contribution in [1.29, 1.82) is 0 Å². The normalized spacial score (nSPS) is 35.1. The largest absolute Gasteiger partial charge is 0.377 e. The number of rotatable bonds is 5. The highest BCUT2D eigenvalue weighted by Crippen LogP contribution is 2.62. The van der Waals surface area contributed by atoms with E-state index in [4.69, 9.17) is 9.73 Å². The highest BCUT2D eigenvalue weighted by molar-refractivity contribution is 5.80. The van der Waals surface area contributed by atoms with Crippen LogP contribution in [0.15, 0.2) is 4.99 Å². The number of ether oxygens (including phenoxy) is 1. The van der Waals surface area contributed by atoms with Gasteiger partial charge in [-0.2, -0.15) is 0 Å². The maximum Gasteiger partial charge on any atom is 0.191 e. The van der Waals surface area contributed by atoms with Gasteiger partial charge >= 0.3 is 0 Å². The zero-order valence-corrected chi connectivity index (χ0v) is 16.1. The molecule has 5 heteroatoms. The van der Waals surface area contributed by atoms with Gasteiger partial charge in [-0.3, -0.25) is 4.99 Å². The van der Waals surface area contributed by atoms with E-state index in [1.807, 2.05) is 0 Å². The number of hydrogen-bond acceptors (Lipinski definition) is 3. The molecule has 0 bridgehead atoms. The van der Waals surface area contributed by atoms with Crippen LogP contribution in [0.1, 0.15) is 58.8 Å². The standard InChI is InChI=1S/C20H36N4O/c1-3-11-24-12-6-15(7-13-24)22-19(21-4-2)23-17-16-8-14-25-18(16)20(17)9-5-10-20/h15-18H,3-14H2,1-2H3,(H2,21,22,23). The number of nitrogens with one attached hydrogen (secondary N) is 2. The van der Waals surface area contributed by atoms with Gasteiger partial charge in [0, 0.05) is 49.7 Å². The van der Waals surface area contributed by atoms with Gasteiger partial charge in [-0.05, 0) is 52.0 Å². The summed E-state index contributed by atoms with van der Waals surface area (Å²) in [4.78, 5) is 7.37. The second-order valence-corrected chi connectivity index (χ2v) is 8.54. The van der Waals surface area contributed by atoms with Gasteiger partial charge in [-0.25, -0.2) is 0 Å². The molecule has 4 fully saturated rings. The Bertz CT molecular complexity index is 482. The number of nitrogens with zero attached hydrogens (tertiary/aromatic N) is 2. The molecular formula is C20H36N4O. The fraction of sp³-hybridized carbons (Fsp3) is 0.950. The molecule has 2 N–H and O–H groups in total. The average Bonchev–Trinajstić information content (AvgIpc) is 2.98. The van der Waals surface area contributed by atoms with Crippen LogP contribution in [-0.4, -0.2) is 61.8 Å². The predicted molar refractivity (Wildman–Crippen MR) is 102 cm³/mol. The number of fused-ring (bicyclic) bond motifs is 2. The van der Waals surface area contributed by atoms with Crippen molar-refractivity contribution in [2.45, 2.75) is 77.0 Å². The first-order valence-corrected chi connectivity index (χ1v) is 10.7. The molecule has 25 heavy (non-hydrogen) atoms. The van der Waals surface area contributed by atoms with Gasteiger partial charge in [-0.1, -0.05) is 13.3 Å². The lowest BCUT2D eigenvalue weighted by Gasteiger charge is -2.63. The Labute approximate surface area is 153 Å². The summed E-state index contributed by atoms with van der Waals surface area (Å²) in [5, 5.41) is 7.60. The van der Waals surface area contributed by atoms with Crippen LogP contribution in [0, 0.1) is 11.3 Å². The predicted octanol–water partition coefficient (Wildman–Crippen LogP) is 2.37. The van der Waals surface area contributed by atoms with Gasteiger partial charge in [0.1, 0.15) is 0 Å². The lowest BCUT2D eigenvalue weighted by molar-refractivity contribution is -0.171. The summed E-state index contributed by atoms with van der Waals surface area (Å²) in [5.41, 5.74) is 0.419. The zero-order chi connectivity index (χ0) is 17.3. The fourth-order valence-corrected chi connectivity index (χ4v) is 5.70. The number of piperidine rings is 1. The average molecular weight is 349 g/mol. The third kappa shape index (κ3) is 3.18. The van der Waals surface area contributed by atoms with Crippen molar-refractivity contribution in [3.05, 3.63) is 0 Å². The molecule has 0 aromatic heterocycles. The summed E-state index contributed by atoms with van der Waals surface area (Å²) in [5.74, 6) is 1.76. The van der Waals surface area contributed by atoms with Gasteiger partial charge < -0.3 is 20.3 Å². The Morgan fingerprint density at radius 3 is 2.60 bits per heavy atom. The molecule has 2 heterocycles. The van der Waals surface area contributed by atoms with E-state index < -0.39 is 0 Å². The van der Waals surface area contributed by atoms with Crippen molar-refractivity contribution in [2.75, 3.05) is 32.8 Å². The Morgan fingerprint density at radius 1 is 1.16 bits per heavy atom. The molecule has 0 radical (unpaired) electrons. The monoisotopic (exact) mass is 348 g/mol. The second kappa shape index (κ2) is 7.43. The summed E-state index contributed by atoms with van der Waals surface area (Å²) in [6, 6.07) is 1.14. The van der Waals surface area contributed by atoms with Crippen LogP contribution in [0.4, 0.5) is 0 Å². The summed E-state index contributed by atoms with van der Waals surface area (Å²) >= 11 is 0. The maximum atomic E-state index is 6.06. The molecule has 2 saturated heterocycles. The van der Waals surface area contributed by atoms with E-state index in [0.29, 0.717) is 29.5 Å². The van der Waals surface area contributed by atoms with E-state index >= 15 is 0 Å². The quantitative estimate of drug-likeness (QED) is 0.592. The number of guanidine groups is 1. The van der Waals surface area contributed by atoms with E-state index in [9.17, 15) is 0 Å². The first-order valence-electron chi connectivity index (χ1n) is 10.7. The third-order valence-electron chi connectivity index (χ3n) is 7.11. The van der Waals surface area contributed by atoms with Gasteiger partial charge in [0.15, 0.2) is 5.96 Å². The molecule has 0 aromatic rings. The van der Waals surface area contributed by atoms with E-state index in [-0.39, 0.29) is 0 Å². The van der Waals surface area contributed by atoms with Gasteiger partial charge in [0.25, 0.3) is 0 Å². The van der Waals surface area contributed by atoms with Crippen molar-refractivity contribution >= 4 is 5.96 Å². The Hall–Kier alpha value is -0.810. The molecule has 2 saturated carbocycles. The summed E-state index contributed by atoms with van der Waals surface area (Å²) < 4.78 is 6.06. The van der Waals surface area contributed by atoms with Crippen molar-refractivity contribution in [2.24, 2.45) is 16.3 Å². The van der Waals surface area contributed by atoms with Gasteiger partial charge in [0.05, 0.1) is 6.10 Å². The molecule has 3 unspecified atom stereocenters. The smallest absolute Gasteiger partial charge is 0.191 e. The van der Waals surface area contributed by atoms with Gasteiger partial charge in [-0.15, -0.1) is 0 Å². The van der Waals surface area contributed by atoms with Crippen LogP contribution in [0.5, 0.6) is 0 Å². The Morgan fingerprint density at radius 2 is 1.96 bits per heavy atom. The topological polar surface area (TPSA) is 48.9 Å². The summed E-state index contributed by atoms with van der Waals surface area (Å²) in [6.07, 6.45) is 9.51. The number of aliphatic imine (C=N–C) groups is 1. The molecule has 2 aliphatic heterocycles. The number of hydrogen-bond donors (Lipinski definition) is 2. The Balaban J connectivity index is 1.34. The molecule has 1 spiro atoms. The molecule has 0 aromatic carbocycles.